The van der Waals surface area contributed by atoms with Crippen LogP contribution in [0, 0.1) is 0 Å². The molecule has 0 aromatic heterocycles. The fourth-order valence-electron chi connectivity index (χ4n) is 7.95. The fraction of sp³-hybridized carbons (Fsp3) is 0.704. The Labute approximate surface area is 365 Å². The zero-order chi connectivity index (χ0) is 40.3. The van der Waals surface area contributed by atoms with Crippen LogP contribution >= 0.6 is 0 Å². The number of aliphatic imine (C=N–C) groups is 2. The molecule has 3 heteroatoms. The van der Waals surface area contributed by atoms with Crippen LogP contribution in [0.15, 0.2) is 58.5 Å². The van der Waals surface area contributed by atoms with Crippen molar-refractivity contribution in [3.8, 4) is 0 Å². The maximum Gasteiger partial charge on any atom is 0.0848 e. The zero-order valence-electron chi connectivity index (χ0n) is 38.5. The topological polar surface area (TPSA) is 24.7 Å². The Hall–Kier alpha value is -1.99. The van der Waals surface area contributed by atoms with E-state index in [1.165, 1.54) is 183 Å². The van der Waals surface area contributed by atoms with Gasteiger partial charge in [0.1, 0.15) is 0 Å². The number of aryl methyl sites for hydroxylation is 4. The molecule has 0 aliphatic heterocycles. The minimum atomic E-state index is 0. The van der Waals surface area contributed by atoms with E-state index in [1.807, 2.05) is 0 Å². The molecule has 0 atom stereocenters. The summed E-state index contributed by atoms with van der Waals surface area (Å²) in [5.41, 5.74) is 9.86. The molecule has 0 bridgehead atoms. The van der Waals surface area contributed by atoms with Crippen molar-refractivity contribution in [3.05, 3.63) is 70.8 Å². The average molecular weight is 826 g/mol. The number of unbranched alkanes of at least 4 members (excludes halogenated alkanes) is 25. The summed E-state index contributed by atoms with van der Waals surface area (Å²) < 4.78 is 0. The summed E-state index contributed by atoms with van der Waals surface area (Å²) in [6.07, 6.45) is 47.1. The van der Waals surface area contributed by atoms with Gasteiger partial charge in [-0.25, -0.2) is 4.99 Å². The van der Waals surface area contributed by atoms with Gasteiger partial charge in [0.25, 0.3) is 0 Å². The van der Waals surface area contributed by atoms with Crippen molar-refractivity contribution in [2.24, 2.45) is 9.98 Å². The Kier molecular flexibility index (Phi) is 34.5. The van der Waals surface area contributed by atoms with Gasteiger partial charge < -0.3 is 0 Å². The van der Waals surface area contributed by atoms with Gasteiger partial charge in [0, 0.05) is 16.5 Å². The quantitative estimate of drug-likeness (QED) is 0.0371. The molecule has 0 fully saturated rings. The molecule has 0 aliphatic rings. The largest absolute Gasteiger partial charge is 0.251 e. The van der Waals surface area contributed by atoms with Crippen molar-refractivity contribution in [3.63, 3.8) is 0 Å². The third kappa shape index (κ3) is 26.7. The third-order valence-corrected chi connectivity index (χ3v) is 11.8. The first-order valence-corrected chi connectivity index (χ1v) is 24.6. The number of hydrogen-bond acceptors (Lipinski definition) is 2. The zero-order valence-corrected chi connectivity index (χ0v) is 39.4. The van der Waals surface area contributed by atoms with Crippen molar-refractivity contribution in [2.75, 3.05) is 0 Å². The van der Waals surface area contributed by atoms with E-state index in [1.54, 1.807) is 0 Å². The Bertz CT molecular complexity index is 1290. The molecule has 57 heavy (non-hydrogen) atoms. The van der Waals surface area contributed by atoms with Gasteiger partial charge in [-0.3, -0.25) is 4.99 Å². The standard InChI is InChI=1S/C54H90N2.Ni/c1-7-13-15-17-19-20-21-22-23-24-25-26-27-28-29-30-31-32-33-34-36-38-40-54(56-52-45-49(11-5)42-50(12-6)46-52)53(39-37-35-18-16-14-8-2)55-51-43-47(9-3)41-48(10-4)44-51;/h38,40-46H,7-37,39H2,1-6H3;. The van der Waals surface area contributed by atoms with E-state index >= 15 is 0 Å². The van der Waals surface area contributed by atoms with Crippen LogP contribution in [0.1, 0.15) is 244 Å². The van der Waals surface area contributed by atoms with Crippen molar-refractivity contribution < 1.29 is 16.5 Å². The summed E-state index contributed by atoms with van der Waals surface area (Å²) in [6, 6.07) is 13.9. The normalized spacial score (nSPS) is 12.2. The second-order valence-corrected chi connectivity index (χ2v) is 16.9. The average Bonchev–Trinajstić information content (AvgIpc) is 3.22. The Morgan fingerprint density at radius 2 is 0.702 bits per heavy atom. The van der Waals surface area contributed by atoms with Crippen LogP contribution in [-0.4, -0.2) is 11.4 Å². The van der Waals surface area contributed by atoms with Gasteiger partial charge in [0.15, 0.2) is 0 Å². The van der Waals surface area contributed by atoms with E-state index < -0.39 is 0 Å². The van der Waals surface area contributed by atoms with E-state index in [0.29, 0.717) is 0 Å². The number of hydrogen-bond donors (Lipinski definition) is 0. The minimum Gasteiger partial charge on any atom is -0.251 e. The maximum atomic E-state index is 5.43. The van der Waals surface area contributed by atoms with Crippen LogP contribution in [0.2, 0.25) is 0 Å². The predicted octanol–water partition coefficient (Wildman–Crippen LogP) is 18.3. The molecular weight excluding hydrogens is 735 g/mol. The molecule has 2 rings (SSSR count). The molecule has 0 radical (unpaired) electrons. The van der Waals surface area contributed by atoms with Crippen LogP contribution in [0.4, 0.5) is 11.4 Å². The molecule has 0 amide bonds. The maximum absolute atomic E-state index is 5.43. The van der Waals surface area contributed by atoms with Crippen LogP contribution in [0.5, 0.6) is 0 Å². The molecular formula is C54H90N2Ni. The summed E-state index contributed by atoms with van der Waals surface area (Å²) >= 11 is 0. The first kappa shape index (κ1) is 53.0. The molecule has 326 valence electrons. The van der Waals surface area contributed by atoms with Gasteiger partial charge in [0.2, 0.25) is 0 Å². The second-order valence-electron chi connectivity index (χ2n) is 16.9. The fourth-order valence-corrected chi connectivity index (χ4v) is 7.95. The Morgan fingerprint density at radius 3 is 1.05 bits per heavy atom. The molecule has 0 aliphatic carbocycles. The number of benzene rings is 2. The molecule has 0 spiro atoms. The van der Waals surface area contributed by atoms with Crippen molar-refractivity contribution >= 4 is 22.8 Å². The molecule has 0 N–H and O–H groups in total. The smallest absolute Gasteiger partial charge is 0.0848 e. The molecule has 0 saturated carbocycles. The SMILES string of the molecule is CCCCCCCCCCCCCCCCCCCCCCC=CC(=Nc1cc(CC)cc(CC)c1)C(CCCCCCCC)=Nc1cc(CC)cc(CC)c1.[Ni]. The Morgan fingerprint density at radius 1 is 0.386 bits per heavy atom. The van der Waals surface area contributed by atoms with Crippen LogP contribution in [0.25, 0.3) is 0 Å². The van der Waals surface area contributed by atoms with E-state index in [0.717, 1.165) is 67.7 Å². The molecule has 2 aromatic rings. The summed E-state index contributed by atoms with van der Waals surface area (Å²) in [4.78, 5) is 10.8. The van der Waals surface area contributed by atoms with Gasteiger partial charge >= 0.3 is 0 Å². The van der Waals surface area contributed by atoms with Gasteiger partial charge in [-0.15, -0.1) is 0 Å². The van der Waals surface area contributed by atoms with E-state index in [-0.39, 0.29) is 16.5 Å². The summed E-state index contributed by atoms with van der Waals surface area (Å²) in [7, 11) is 0. The van der Waals surface area contributed by atoms with E-state index in [2.05, 4.69) is 90.1 Å². The van der Waals surface area contributed by atoms with Gasteiger partial charge in [-0.2, -0.15) is 0 Å². The molecule has 0 heterocycles. The summed E-state index contributed by atoms with van der Waals surface area (Å²) in [6.45, 7) is 13.6. The molecule has 0 saturated heterocycles. The Balaban J connectivity index is 0.0000162. The second kappa shape index (κ2) is 37.0. The van der Waals surface area contributed by atoms with Crippen LogP contribution in [-0.2, 0) is 42.2 Å². The number of allylic oxidation sites excluding steroid dienone is 2. The van der Waals surface area contributed by atoms with Crippen molar-refractivity contribution in [1.29, 1.82) is 0 Å². The number of rotatable bonds is 36. The molecule has 2 aromatic carbocycles. The molecule has 0 unspecified atom stereocenters. The van der Waals surface area contributed by atoms with Crippen molar-refractivity contribution in [2.45, 2.75) is 247 Å². The van der Waals surface area contributed by atoms with Gasteiger partial charge in [0.05, 0.1) is 22.8 Å². The summed E-state index contributed by atoms with van der Waals surface area (Å²) in [5.74, 6) is 0. The van der Waals surface area contributed by atoms with Crippen molar-refractivity contribution in [1.82, 2.24) is 0 Å². The first-order valence-electron chi connectivity index (χ1n) is 24.6. The summed E-state index contributed by atoms with van der Waals surface area (Å²) in [5, 5.41) is 0. The monoisotopic (exact) mass is 825 g/mol. The third-order valence-electron chi connectivity index (χ3n) is 11.8. The van der Waals surface area contributed by atoms with Crippen LogP contribution in [0.3, 0.4) is 0 Å². The van der Waals surface area contributed by atoms with Gasteiger partial charge in [-0.05, 0) is 104 Å². The first-order chi connectivity index (χ1) is 27.6. The molecule has 2 nitrogen and oxygen atoms in total. The van der Waals surface area contributed by atoms with Crippen LogP contribution < -0.4 is 0 Å². The minimum absolute atomic E-state index is 0. The van der Waals surface area contributed by atoms with E-state index in [9.17, 15) is 0 Å². The number of nitrogens with zero attached hydrogens (tertiary/aromatic N) is 2. The van der Waals surface area contributed by atoms with E-state index in [4.69, 9.17) is 9.98 Å². The predicted molar refractivity (Wildman–Crippen MR) is 254 cm³/mol. The van der Waals surface area contributed by atoms with Gasteiger partial charge in [-0.1, -0.05) is 214 Å².